The molecular weight excluding hydrogens is 300 g/mol. The average Bonchev–Trinajstić information content (AvgIpc) is 2.36. The van der Waals surface area contributed by atoms with Gasteiger partial charge in [0, 0.05) is 18.8 Å². The second-order valence-electron chi connectivity index (χ2n) is 5.77. The maximum absolute atomic E-state index is 11.9. The maximum atomic E-state index is 11.9. The molecule has 0 atom stereocenters. The van der Waals surface area contributed by atoms with Gasteiger partial charge in [0.05, 0.1) is 22.7 Å². The van der Waals surface area contributed by atoms with Gasteiger partial charge in [0.15, 0.2) is 0 Å². The van der Waals surface area contributed by atoms with Crippen molar-refractivity contribution < 1.29 is 8.42 Å². The molecule has 0 aromatic carbocycles. The first-order valence-corrected chi connectivity index (χ1v) is 9.16. The van der Waals surface area contributed by atoms with Crippen LogP contribution in [0.1, 0.15) is 36.2 Å². The third kappa shape index (κ3) is 4.42. The molecule has 1 aromatic heterocycles. The molecule has 1 aliphatic rings. The fourth-order valence-electron chi connectivity index (χ4n) is 2.44. The van der Waals surface area contributed by atoms with Crippen molar-refractivity contribution in [3.63, 3.8) is 0 Å². The summed E-state index contributed by atoms with van der Waals surface area (Å²) in [4.78, 5) is 4.23. The van der Waals surface area contributed by atoms with Gasteiger partial charge in [-0.2, -0.15) is 5.26 Å². The highest BCUT2D eigenvalue weighted by molar-refractivity contribution is 7.89. The molecule has 0 radical (unpaired) electrons. The van der Waals surface area contributed by atoms with Gasteiger partial charge in [-0.25, -0.2) is 13.1 Å². The average molecular weight is 322 g/mol. The molecule has 0 amide bonds. The zero-order valence-electron chi connectivity index (χ0n) is 13.0. The lowest BCUT2D eigenvalue weighted by Crippen LogP contribution is -2.35. The predicted octanol–water partition coefficient (Wildman–Crippen LogP) is 1.70. The number of nitriles is 1. The largest absolute Gasteiger partial charge is 0.383 e. The van der Waals surface area contributed by atoms with Crippen LogP contribution in [0.4, 0.5) is 5.69 Å². The van der Waals surface area contributed by atoms with Crippen LogP contribution in [0.25, 0.3) is 0 Å². The van der Waals surface area contributed by atoms with Crippen LogP contribution in [0, 0.1) is 31.1 Å². The number of anilines is 1. The quantitative estimate of drug-likeness (QED) is 0.797. The molecule has 7 heteroatoms. The van der Waals surface area contributed by atoms with E-state index in [0.717, 1.165) is 18.5 Å². The fourth-order valence-corrected chi connectivity index (χ4v) is 3.45. The number of pyridine rings is 1. The van der Waals surface area contributed by atoms with Crippen molar-refractivity contribution in [2.45, 2.75) is 33.1 Å². The fraction of sp³-hybridized carbons (Fsp3) is 0.600. The number of aryl methyl sites for hydroxylation is 2. The summed E-state index contributed by atoms with van der Waals surface area (Å²) in [6, 6.07) is 3.87. The number of hydrogen-bond donors (Lipinski definition) is 2. The first-order valence-electron chi connectivity index (χ1n) is 7.51. The molecule has 22 heavy (non-hydrogen) atoms. The molecule has 1 saturated carbocycles. The second-order valence-corrected chi connectivity index (χ2v) is 7.70. The zero-order valence-corrected chi connectivity index (χ0v) is 13.8. The van der Waals surface area contributed by atoms with Crippen molar-refractivity contribution in [2.75, 3.05) is 24.2 Å². The molecule has 120 valence electrons. The lowest BCUT2D eigenvalue weighted by Gasteiger charge is -2.25. The van der Waals surface area contributed by atoms with E-state index in [1.165, 1.54) is 6.42 Å². The third-order valence-electron chi connectivity index (χ3n) is 3.94. The zero-order chi connectivity index (χ0) is 16.2. The number of nitrogens with one attached hydrogen (secondary N) is 2. The molecule has 2 rings (SSSR count). The van der Waals surface area contributed by atoms with Crippen LogP contribution in [0.15, 0.2) is 6.07 Å². The Hall–Kier alpha value is -1.65. The van der Waals surface area contributed by atoms with Crippen molar-refractivity contribution in [1.29, 1.82) is 5.26 Å². The summed E-state index contributed by atoms with van der Waals surface area (Å²) >= 11 is 0. The summed E-state index contributed by atoms with van der Waals surface area (Å²) in [5.74, 6) is 0.490. The molecule has 0 unspecified atom stereocenters. The standard InChI is InChI=1S/C15H22N4O2S/c1-11-8-15(14(9-16)12(2)19-11)17-6-7-22(20,21)18-10-13-4-3-5-13/h8,13,18H,3-7,10H2,1-2H3,(H,17,19). The van der Waals surface area contributed by atoms with Gasteiger partial charge in [0.1, 0.15) is 6.07 Å². The molecule has 0 bridgehead atoms. The minimum absolute atomic E-state index is 0.00892. The maximum Gasteiger partial charge on any atom is 0.213 e. The first kappa shape index (κ1) is 16.7. The van der Waals surface area contributed by atoms with Crippen molar-refractivity contribution in [3.05, 3.63) is 23.0 Å². The molecule has 0 saturated heterocycles. The lowest BCUT2D eigenvalue weighted by molar-refractivity contribution is 0.316. The topological polar surface area (TPSA) is 94.9 Å². The van der Waals surface area contributed by atoms with E-state index in [9.17, 15) is 8.42 Å². The Kier molecular flexibility index (Phi) is 5.37. The Labute approximate surface area is 132 Å². The SMILES string of the molecule is Cc1cc(NCCS(=O)(=O)NCC2CCC2)c(C#N)c(C)n1. The summed E-state index contributed by atoms with van der Waals surface area (Å²) in [6.45, 7) is 4.42. The molecule has 6 nitrogen and oxygen atoms in total. The first-order chi connectivity index (χ1) is 10.4. The Morgan fingerprint density at radius 1 is 1.41 bits per heavy atom. The highest BCUT2D eigenvalue weighted by atomic mass is 32.2. The summed E-state index contributed by atoms with van der Waals surface area (Å²) in [7, 11) is -3.27. The van der Waals surface area contributed by atoms with Gasteiger partial charge < -0.3 is 5.32 Å². The summed E-state index contributed by atoms with van der Waals surface area (Å²) < 4.78 is 26.5. The van der Waals surface area contributed by atoms with Crippen LogP contribution in [-0.4, -0.2) is 32.2 Å². The van der Waals surface area contributed by atoms with E-state index in [-0.39, 0.29) is 12.3 Å². The van der Waals surface area contributed by atoms with Crippen molar-refractivity contribution in [2.24, 2.45) is 5.92 Å². The van der Waals surface area contributed by atoms with Gasteiger partial charge in [-0.1, -0.05) is 6.42 Å². The van der Waals surface area contributed by atoms with Gasteiger partial charge in [-0.05, 0) is 38.7 Å². The van der Waals surface area contributed by atoms with Gasteiger partial charge in [-0.15, -0.1) is 0 Å². The molecule has 2 N–H and O–H groups in total. The number of aromatic nitrogens is 1. The monoisotopic (exact) mass is 322 g/mol. The van der Waals surface area contributed by atoms with Crippen LogP contribution >= 0.6 is 0 Å². The minimum atomic E-state index is -3.27. The van der Waals surface area contributed by atoms with Crippen molar-refractivity contribution in [3.8, 4) is 6.07 Å². The Morgan fingerprint density at radius 2 is 2.14 bits per heavy atom. The predicted molar refractivity (Wildman–Crippen MR) is 86.0 cm³/mol. The van der Waals surface area contributed by atoms with E-state index in [1.54, 1.807) is 13.0 Å². The van der Waals surface area contributed by atoms with Crippen LogP contribution < -0.4 is 10.0 Å². The number of sulfonamides is 1. The normalized spacial score (nSPS) is 15.1. The van der Waals surface area contributed by atoms with Crippen LogP contribution in [0.2, 0.25) is 0 Å². The number of rotatable bonds is 7. The number of hydrogen-bond acceptors (Lipinski definition) is 5. The van der Waals surface area contributed by atoms with E-state index >= 15 is 0 Å². The van der Waals surface area contributed by atoms with Crippen LogP contribution in [-0.2, 0) is 10.0 Å². The van der Waals surface area contributed by atoms with Gasteiger partial charge in [-0.3, -0.25) is 4.98 Å². The van der Waals surface area contributed by atoms with E-state index in [2.05, 4.69) is 21.1 Å². The van der Waals surface area contributed by atoms with Gasteiger partial charge in [0.25, 0.3) is 0 Å². The van der Waals surface area contributed by atoms with E-state index in [1.807, 2.05) is 6.92 Å². The van der Waals surface area contributed by atoms with E-state index in [0.29, 0.717) is 29.4 Å². The molecular formula is C15H22N4O2S. The number of nitrogens with zero attached hydrogens (tertiary/aromatic N) is 2. The van der Waals surface area contributed by atoms with Crippen LogP contribution in [0.3, 0.4) is 0 Å². The highest BCUT2D eigenvalue weighted by Gasteiger charge is 2.20. The molecule has 1 heterocycles. The molecule has 0 aliphatic heterocycles. The van der Waals surface area contributed by atoms with Gasteiger partial charge >= 0.3 is 0 Å². The van der Waals surface area contributed by atoms with Gasteiger partial charge in [0.2, 0.25) is 10.0 Å². The summed E-state index contributed by atoms with van der Waals surface area (Å²) in [5, 5.41) is 12.2. The van der Waals surface area contributed by atoms with Crippen molar-refractivity contribution in [1.82, 2.24) is 9.71 Å². The Morgan fingerprint density at radius 3 is 2.73 bits per heavy atom. The van der Waals surface area contributed by atoms with Crippen molar-refractivity contribution >= 4 is 15.7 Å². The lowest BCUT2D eigenvalue weighted by atomic mass is 9.86. The molecule has 0 spiro atoms. The van der Waals surface area contributed by atoms with E-state index < -0.39 is 10.0 Å². The molecule has 1 aromatic rings. The Balaban J connectivity index is 1.89. The van der Waals surface area contributed by atoms with E-state index in [4.69, 9.17) is 5.26 Å². The minimum Gasteiger partial charge on any atom is -0.383 e. The highest BCUT2D eigenvalue weighted by Crippen LogP contribution is 2.25. The molecule has 1 fully saturated rings. The summed E-state index contributed by atoms with van der Waals surface area (Å²) in [6.07, 6.45) is 3.43. The van der Waals surface area contributed by atoms with Crippen LogP contribution in [0.5, 0.6) is 0 Å². The Bertz CT molecular complexity index is 676. The third-order valence-corrected chi connectivity index (χ3v) is 5.29. The summed E-state index contributed by atoms with van der Waals surface area (Å²) in [5.41, 5.74) is 2.55. The second kappa shape index (κ2) is 7.07. The smallest absolute Gasteiger partial charge is 0.213 e. The molecule has 1 aliphatic carbocycles.